The van der Waals surface area contributed by atoms with E-state index in [-0.39, 0.29) is 17.2 Å². The highest BCUT2D eigenvalue weighted by Crippen LogP contribution is 2.41. The summed E-state index contributed by atoms with van der Waals surface area (Å²) >= 11 is 0. The van der Waals surface area contributed by atoms with E-state index in [2.05, 4.69) is 34.0 Å². The van der Waals surface area contributed by atoms with E-state index >= 15 is 0 Å². The summed E-state index contributed by atoms with van der Waals surface area (Å²) in [6.45, 7) is 4.28. The summed E-state index contributed by atoms with van der Waals surface area (Å²) in [5.41, 5.74) is 1.01. The van der Waals surface area contributed by atoms with E-state index in [1.165, 1.54) is 6.20 Å². The van der Waals surface area contributed by atoms with Crippen LogP contribution in [0.1, 0.15) is 39.5 Å². The van der Waals surface area contributed by atoms with Crippen LogP contribution in [0.15, 0.2) is 36.8 Å². The van der Waals surface area contributed by atoms with Crippen LogP contribution in [0.3, 0.4) is 0 Å². The molecule has 0 bridgehead atoms. The molecule has 3 aromatic rings. The van der Waals surface area contributed by atoms with Crippen molar-refractivity contribution in [3.8, 4) is 23.0 Å². The molecule has 28 heavy (non-hydrogen) atoms. The van der Waals surface area contributed by atoms with E-state index in [1.54, 1.807) is 18.5 Å². The smallest absolute Gasteiger partial charge is 0.336 e. The summed E-state index contributed by atoms with van der Waals surface area (Å²) in [4.78, 5) is 8.24. The van der Waals surface area contributed by atoms with Gasteiger partial charge in [0.15, 0.2) is 0 Å². The molecule has 3 atom stereocenters. The molecule has 2 aromatic heterocycles. The molecule has 0 radical (unpaired) electrons. The van der Waals surface area contributed by atoms with E-state index in [4.69, 9.17) is 4.74 Å². The Hall–Kier alpha value is -2.83. The van der Waals surface area contributed by atoms with Crippen molar-refractivity contribution in [1.82, 2.24) is 20.2 Å². The Balaban J connectivity index is 1.55. The molecule has 146 valence electrons. The molecule has 1 aromatic carbocycles. The number of aromatic nitrogens is 4. The Labute approximate surface area is 162 Å². The monoisotopic (exact) mass is 382 g/mol. The van der Waals surface area contributed by atoms with Crippen molar-refractivity contribution in [3.63, 3.8) is 0 Å². The molecule has 6 nitrogen and oxygen atoms in total. The first kappa shape index (κ1) is 18.5. The minimum absolute atomic E-state index is 0.0567. The first-order valence-corrected chi connectivity index (χ1v) is 9.55. The van der Waals surface area contributed by atoms with E-state index < -0.39 is 12.3 Å². The number of ether oxygens (including phenoxy) is 1. The van der Waals surface area contributed by atoms with Crippen LogP contribution in [0, 0.1) is 5.41 Å². The van der Waals surface area contributed by atoms with Gasteiger partial charge in [-0.1, -0.05) is 25.4 Å². The third-order valence-corrected chi connectivity index (χ3v) is 5.80. The van der Waals surface area contributed by atoms with Gasteiger partial charge in [0.05, 0.1) is 6.20 Å². The average molecular weight is 382 g/mol. The number of alkyl halides is 1. The standard InChI is InChI=1S/C21H23FN4O2/c1-3-21(2)6-4-16(22)19(10-21)28-20-24-12-17(25-26-20)15-8-13-5-7-23-11-14(13)9-18(15)27/h5,7-9,11-12,16,19,27H,3-4,6,10H2,1-2H3/t16-,19+,21+/m1/s1. The minimum atomic E-state index is -1.03. The van der Waals surface area contributed by atoms with Crippen LogP contribution in [-0.4, -0.2) is 37.5 Å². The third-order valence-electron chi connectivity index (χ3n) is 5.80. The van der Waals surface area contributed by atoms with Gasteiger partial charge in [0, 0.05) is 23.3 Å². The number of phenols is 1. The van der Waals surface area contributed by atoms with Crippen LogP contribution in [0.2, 0.25) is 0 Å². The molecule has 2 heterocycles. The highest BCUT2D eigenvalue weighted by molar-refractivity contribution is 5.89. The molecule has 1 N–H and O–H groups in total. The lowest BCUT2D eigenvalue weighted by atomic mass is 9.72. The summed E-state index contributed by atoms with van der Waals surface area (Å²) in [5.74, 6) is 0.0695. The number of hydrogen-bond acceptors (Lipinski definition) is 6. The predicted molar refractivity (Wildman–Crippen MR) is 104 cm³/mol. The molecule has 7 heteroatoms. The van der Waals surface area contributed by atoms with Crippen molar-refractivity contribution in [2.75, 3.05) is 0 Å². The average Bonchev–Trinajstić information content (AvgIpc) is 2.71. The second-order valence-corrected chi connectivity index (χ2v) is 7.80. The lowest BCUT2D eigenvalue weighted by molar-refractivity contribution is -0.0000744. The molecule has 4 rings (SSSR count). The largest absolute Gasteiger partial charge is 0.507 e. The highest BCUT2D eigenvalue weighted by Gasteiger charge is 2.38. The van der Waals surface area contributed by atoms with Crippen LogP contribution < -0.4 is 4.74 Å². The second kappa shape index (κ2) is 7.30. The molecule has 0 spiro atoms. The van der Waals surface area contributed by atoms with Gasteiger partial charge in [-0.2, -0.15) is 0 Å². The van der Waals surface area contributed by atoms with Crippen LogP contribution in [0.25, 0.3) is 22.0 Å². The van der Waals surface area contributed by atoms with Crippen molar-refractivity contribution in [1.29, 1.82) is 0 Å². The Morgan fingerprint density at radius 2 is 2.11 bits per heavy atom. The quantitative estimate of drug-likeness (QED) is 0.717. The molecule has 1 saturated carbocycles. The SMILES string of the molecule is CC[C@@]1(C)CC[C@@H](F)[C@@H](Oc2ncc(-c3cc4ccncc4cc3O)nn2)C1. The number of aromatic hydroxyl groups is 1. The molecule has 1 aliphatic rings. The Bertz CT molecular complexity index is 982. The number of hydrogen-bond donors (Lipinski definition) is 1. The van der Waals surface area contributed by atoms with Gasteiger partial charge in [0.1, 0.15) is 23.7 Å². The Morgan fingerprint density at radius 3 is 2.86 bits per heavy atom. The van der Waals surface area contributed by atoms with E-state index in [0.717, 1.165) is 23.6 Å². The lowest BCUT2D eigenvalue weighted by Gasteiger charge is -2.38. The van der Waals surface area contributed by atoms with Crippen LogP contribution in [-0.2, 0) is 0 Å². The van der Waals surface area contributed by atoms with E-state index in [9.17, 15) is 9.50 Å². The van der Waals surface area contributed by atoms with Crippen LogP contribution in [0.5, 0.6) is 11.8 Å². The molecule has 0 amide bonds. The summed E-state index contributed by atoms with van der Waals surface area (Å²) in [7, 11) is 0. The summed E-state index contributed by atoms with van der Waals surface area (Å²) < 4.78 is 20.0. The molecular weight excluding hydrogens is 359 g/mol. The zero-order valence-corrected chi connectivity index (χ0v) is 16.0. The molecule has 1 fully saturated rings. The summed E-state index contributed by atoms with van der Waals surface area (Å²) in [6, 6.07) is 5.35. The fourth-order valence-corrected chi connectivity index (χ4v) is 3.73. The number of rotatable bonds is 4. The number of fused-ring (bicyclic) bond motifs is 1. The van der Waals surface area contributed by atoms with Crippen molar-refractivity contribution >= 4 is 10.8 Å². The van der Waals surface area contributed by atoms with Crippen molar-refractivity contribution in [2.24, 2.45) is 5.41 Å². The lowest BCUT2D eigenvalue weighted by Crippen LogP contribution is -2.40. The maximum Gasteiger partial charge on any atom is 0.336 e. The van der Waals surface area contributed by atoms with Gasteiger partial charge in [0.25, 0.3) is 0 Å². The fraction of sp³-hybridized carbons (Fsp3) is 0.429. The predicted octanol–water partition coefficient (Wildman–Crippen LogP) is 4.48. The summed E-state index contributed by atoms with van der Waals surface area (Å²) in [6.07, 6.45) is 6.23. The highest BCUT2D eigenvalue weighted by atomic mass is 19.1. The molecule has 1 aliphatic carbocycles. The van der Waals surface area contributed by atoms with Crippen LogP contribution >= 0.6 is 0 Å². The van der Waals surface area contributed by atoms with Gasteiger partial charge in [-0.05, 0) is 48.3 Å². The van der Waals surface area contributed by atoms with E-state index in [0.29, 0.717) is 24.1 Å². The van der Waals surface area contributed by atoms with Gasteiger partial charge < -0.3 is 9.84 Å². The molecular formula is C21H23FN4O2. The first-order chi connectivity index (χ1) is 13.5. The van der Waals surface area contributed by atoms with Gasteiger partial charge in [-0.15, -0.1) is 5.10 Å². The molecule has 0 unspecified atom stereocenters. The zero-order valence-electron chi connectivity index (χ0n) is 16.0. The summed E-state index contributed by atoms with van der Waals surface area (Å²) in [5, 5.41) is 20.2. The fourth-order valence-electron chi connectivity index (χ4n) is 3.73. The number of pyridine rings is 1. The second-order valence-electron chi connectivity index (χ2n) is 7.80. The van der Waals surface area contributed by atoms with E-state index in [1.807, 2.05) is 12.1 Å². The molecule has 0 saturated heterocycles. The molecule has 0 aliphatic heterocycles. The maximum atomic E-state index is 14.3. The van der Waals surface area contributed by atoms with Crippen molar-refractivity contribution in [3.05, 3.63) is 36.8 Å². The zero-order chi connectivity index (χ0) is 19.7. The van der Waals surface area contributed by atoms with Crippen LogP contribution in [0.4, 0.5) is 4.39 Å². The number of nitrogens with zero attached hydrogens (tertiary/aromatic N) is 4. The van der Waals surface area contributed by atoms with Gasteiger partial charge in [0.2, 0.25) is 0 Å². The van der Waals surface area contributed by atoms with Gasteiger partial charge in [-0.3, -0.25) is 4.98 Å². The van der Waals surface area contributed by atoms with Gasteiger partial charge >= 0.3 is 6.01 Å². The Kier molecular flexibility index (Phi) is 4.83. The third kappa shape index (κ3) is 3.61. The number of benzene rings is 1. The topological polar surface area (TPSA) is 81.0 Å². The van der Waals surface area contributed by atoms with Crippen molar-refractivity contribution in [2.45, 2.75) is 51.8 Å². The number of phenolic OH excluding ortho intramolecular Hbond substituents is 1. The normalized spacial score (nSPS) is 25.0. The maximum absolute atomic E-state index is 14.3. The number of halogens is 1. The van der Waals surface area contributed by atoms with Gasteiger partial charge in [-0.25, -0.2) is 9.37 Å². The minimum Gasteiger partial charge on any atom is -0.507 e. The van der Waals surface area contributed by atoms with Crippen molar-refractivity contribution < 1.29 is 14.2 Å². The first-order valence-electron chi connectivity index (χ1n) is 9.55. The Morgan fingerprint density at radius 1 is 1.25 bits per heavy atom.